The maximum atomic E-state index is 11.4. The van der Waals surface area contributed by atoms with Gasteiger partial charge in [-0.25, -0.2) is 9.97 Å². The number of nitrogens with one attached hydrogen (secondary N) is 1. The minimum absolute atomic E-state index is 0.212. The minimum Gasteiger partial charge on any atom is -0.469 e. The molecule has 0 saturated carbocycles. The summed E-state index contributed by atoms with van der Waals surface area (Å²) in [6.45, 7) is 0.609. The molecule has 1 aromatic carbocycles. The third-order valence-electron chi connectivity index (χ3n) is 4.52. The van der Waals surface area contributed by atoms with E-state index in [0.29, 0.717) is 25.2 Å². The molecular weight excluding hydrogens is 384 g/mol. The number of aromatic nitrogens is 3. The Hall–Kier alpha value is -3.32. The Morgan fingerprint density at radius 3 is 2.69 bits per heavy atom. The first-order valence-corrected chi connectivity index (χ1v) is 10.2. The first-order valence-electron chi connectivity index (χ1n) is 9.32. The maximum Gasteiger partial charge on any atom is 0.305 e. The van der Waals surface area contributed by atoms with Gasteiger partial charge in [-0.2, -0.15) is 0 Å². The summed E-state index contributed by atoms with van der Waals surface area (Å²) in [5.74, 6) is 1.18. The van der Waals surface area contributed by atoms with E-state index in [2.05, 4.69) is 27.8 Å². The molecule has 0 aliphatic rings. The number of ether oxygens (including phenoxy) is 1. The van der Waals surface area contributed by atoms with Gasteiger partial charge < -0.3 is 10.1 Å². The Morgan fingerprint density at radius 2 is 1.93 bits per heavy atom. The average Bonchev–Trinajstić information content (AvgIpc) is 3.22. The van der Waals surface area contributed by atoms with Crippen molar-refractivity contribution in [3.8, 4) is 22.5 Å². The highest BCUT2D eigenvalue weighted by Gasteiger charge is 2.16. The van der Waals surface area contributed by atoms with E-state index in [-0.39, 0.29) is 5.97 Å². The Balaban J connectivity index is 1.73. The third kappa shape index (κ3) is 4.25. The van der Waals surface area contributed by atoms with E-state index in [1.54, 1.807) is 23.7 Å². The van der Waals surface area contributed by atoms with E-state index in [9.17, 15) is 4.79 Å². The number of hydrogen-bond acceptors (Lipinski definition) is 7. The fraction of sp³-hybridized carbons (Fsp3) is 0.182. The van der Waals surface area contributed by atoms with Crippen molar-refractivity contribution in [3.63, 3.8) is 0 Å². The molecule has 0 amide bonds. The van der Waals surface area contributed by atoms with Crippen LogP contribution in [0.25, 0.3) is 32.7 Å². The van der Waals surface area contributed by atoms with Crippen LogP contribution in [0, 0.1) is 0 Å². The molecule has 0 atom stereocenters. The molecule has 6 nitrogen and oxygen atoms in total. The second-order valence-corrected chi connectivity index (χ2v) is 7.30. The smallest absolute Gasteiger partial charge is 0.305 e. The molecule has 0 aliphatic heterocycles. The van der Waals surface area contributed by atoms with E-state index in [4.69, 9.17) is 14.7 Å². The molecule has 146 valence electrons. The normalized spacial score (nSPS) is 10.8. The number of hydrogen-bond donors (Lipinski definition) is 1. The van der Waals surface area contributed by atoms with E-state index in [0.717, 1.165) is 32.7 Å². The zero-order valence-electron chi connectivity index (χ0n) is 16.0. The molecule has 3 aromatic heterocycles. The molecular formula is C22H20N4O2S. The maximum absolute atomic E-state index is 11.4. The lowest BCUT2D eigenvalue weighted by molar-refractivity contribution is -0.140. The number of carbonyl (C=O) groups excluding carboxylic acids is 1. The van der Waals surface area contributed by atoms with Crippen LogP contribution < -0.4 is 5.32 Å². The SMILES string of the molecule is COC(=O)CCCNc1nc(-c2cccnc2)nc2scc(-c3ccccc3)c12. The van der Waals surface area contributed by atoms with E-state index in [1.165, 1.54) is 7.11 Å². The van der Waals surface area contributed by atoms with Crippen LogP contribution in [0.5, 0.6) is 0 Å². The van der Waals surface area contributed by atoms with E-state index in [1.807, 2.05) is 30.3 Å². The average molecular weight is 404 g/mol. The first kappa shape index (κ1) is 19.0. The number of benzene rings is 1. The number of methoxy groups -OCH3 is 1. The molecule has 0 bridgehead atoms. The summed E-state index contributed by atoms with van der Waals surface area (Å²) < 4.78 is 4.72. The van der Waals surface area contributed by atoms with Gasteiger partial charge in [0.15, 0.2) is 5.82 Å². The van der Waals surface area contributed by atoms with Crippen molar-refractivity contribution in [2.45, 2.75) is 12.8 Å². The van der Waals surface area contributed by atoms with E-state index >= 15 is 0 Å². The summed E-state index contributed by atoms with van der Waals surface area (Å²) in [7, 11) is 1.40. The molecule has 4 aromatic rings. The number of nitrogens with zero attached hydrogens (tertiary/aromatic N) is 3. The quantitative estimate of drug-likeness (QED) is 0.353. The highest BCUT2D eigenvalue weighted by molar-refractivity contribution is 7.17. The molecule has 1 N–H and O–H groups in total. The van der Waals surface area contributed by atoms with Crippen LogP contribution in [0.3, 0.4) is 0 Å². The van der Waals surface area contributed by atoms with Crippen LogP contribution in [0.15, 0.2) is 60.2 Å². The second-order valence-electron chi connectivity index (χ2n) is 6.44. The van der Waals surface area contributed by atoms with Gasteiger partial charge in [0.2, 0.25) is 0 Å². The topological polar surface area (TPSA) is 77.0 Å². The van der Waals surface area contributed by atoms with Gasteiger partial charge in [-0.05, 0) is 24.1 Å². The molecule has 0 spiro atoms. The number of pyridine rings is 1. The van der Waals surface area contributed by atoms with Gasteiger partial charge in [0.25, 0.3) is 0 Å². The highest BCUT2D eigenvalue weighted by Crippen LogP contribution is 2.38. The molecule has 3 heterocycles. The van der Waals surface area contributed by atoms with Crippen molar-refractivity contribution >= 4 is 33.3 Å². The summed E-state index contributed by atoms with van der Waals surface area (Å²) >= 11 is 1.59. The van der Waals surface area contributed by atoms with Crippen molar-refractivity contribution in [1.82, 2.24) is 15.0 Å². The van der Waals surface area contributed by atoms with Crippen LogP contribution in [0.1, 0.15) is 12.8 Å². The largest absolute Gasteiger partial charge is 0.469 e. The zero-order valence-corrected chi connectivity index (χ0v) is 16.8. The first-order chi connectivity index (χ1) is 14.3. The van der Waals surface area contributed by atoms with Crippen LogP contribution in [0.4, 0.5) is 5.82 Å². The van der Waals surface area contributed by atoms with Crippen LogP contribution in [-0.2, 0) is 9.53 Å². The Labute approximate surface area is 172 Å². The summed E-state index contributed by atoms with van der Waals surface area (Å²) in [6, 6.07) is 14.0. The molecule has 0 radical (unpaired) electrons. The van der Waals surface area contributed by atoms with Gasteiger partial charge in [0.1, 0.15) is 10.6 Å². The van der Waals surface area contributed by atoms with Crippen molar-refractivity contribution in [1.29, 1.82) is 0 Å². The lowest BCUT2D eigenvalue weighted by Crippen LogP contribution is -2.08. The number of rotatable bonds is 7. The lowest BCUT2D eigenvalue weighted by atomic mass is 10.1. The van der Waals surface area contributed by atoms with E-state index < -0.39 is 0 Å². The molecule has 29 heavy (non-hydrogen) atoms. The van der Waals surface area contributed by atoms with Gasteiger partial charge in [0, 0.05) is 41.9 Å². The van der Waals surface area contributed by atoms with Gasteiger partial charge in [-0.3, -0.25) is 9.78 Å². The number of carbonyl (C=O) groups is 1. The Kier molecular flexibility index (Phi) is 5.76. The van der Waals surface area contributed by atoms with Crippen molar-refractivity contribution in [3.05, 3.63) is 60.2 Å². The number of esters is 1. The summed E-state index contributed by atoms with van der Waals surface area (Å²) in [5.41, 5.74) is 3.08. The van der Waals surface area contributed by atoms with Crippen molar-refractivity contribution in [2.75, 3.05) is 19.0 Å². The van der Waals surface area contributed by atoms with Crippen molar-refractivity contribution < 1.29 is 9.53 Å². The standard InChI is InChI=1S/C22H20N4O2S/c1-28-18(27)10-6-12-24-21-19-17(15-7-3-2-4-8-15)14-29-22(19)26-20(25-21)16-9-5-11-23-13-16/h2-5,7-9,11,13-14H,6,10,12H2,1H3,(H,24,25,26). The van der Waals surface area contributed by atoms with Gasteiger partial charge in [0.05, 0.1) is 12.5 Å². The van der Waals surface area contributed by atoms with Crippen LogP contribution in [0.2, 0.25) is 0 Å². The molecule has 0 saturated heterocycles. The zero-order chi connectivity index (χ0) is 20.1. The fourth-order valence-electron chi connectivity index (χ4n) is 3.07. The molecule has 0 unspecified atom stereocenters. The number of fused-ring (bicyclic) bond motifs is 1. The van der Waals surface area contributed by atoms with Gasteiger partial charge >= 0.3 is 5.97 Å². The number of thiophene rings is 1. The van der Waals surface area contributed by atoms with Gasteiger partial charge in [-0.1, -0.05) is 30.3 Å². The molecule has 0 fully saturated rings. The Bertz CT molecular complexity index is 1110. The predicted octanol–water partition coefficient (Wildman–Crippen LogP) is 4.79. The Morgan fingerprint density at radius 1 is 1.10 bits per heavy atom. The van der Waals surface area contributed by atoms with Crippen molar-refractivity contribution in [2.24, 2.45) is 0 Å². The lowest BCUT2D eigenvalue weighted by Gasteiger charge is -2.10. The van der Waals surface area contributed by atoms with Crippen LogP contribution in [-0.4, -0.2) is 34.6 Å². The predicted molar refractivity (Wildman–Crippen MR) is 116 cm³/mol. The molecule has 4 rings (SSSR count). The third-order valence-corrected chi connectivity index (χ3v) is 5.39. The summed E-state index contributed by atoms with van der Waals surface area (Å²) in [4.78, 5) is 26.1. The monoisotopic (exact) mass is 404 g/mol. The second kappa shape index (κ2) is 8.79. The summed E-state index contributed by atoms with van der Waals surface area (Å²) in [5, 5.41) is 6.51. The van der Waals surface area contributed by atoms with Crippen LogP contribution >= 0.6 is 11.3 Å². The summed E-state index contributed by atoms with van der Waals surface area (Å²) in [6.07, 6.45) is 4.51. The molecule has 0 aliphatic carbocycles. The highest BCUT2D eigenvalue weighted by atomic mass is 32.1. The fourth-order valence-corrected chi connectivity index (χ4v) is 4.01. The van der Waals surface area contributed by atoms with Gasteiger partial charge in [-0.15, -0.1) is 11.3 Å². The molecule has 7 heteroatoms. The number of anilines is 1. The minimum atomic E-state index is -0.212.